The maximum atomic E-state index is 12.8. The van der Waals surface area contributed by atoms with E-state index in [1.807, 2.05) is 26.8 Å². The van der Waals surface area contributed by atoms with Gasteiger partial charge in [0.1, 0.15) is 0 Å². The predicted octanol–water partition coefficient (Wildman–Crippen LogP) is 3.36. The molecular weight excluding hydrogens is 358 g/mol. The van der Waals surface area contributed by atoms with Crippen molar-refractivity contribution in [2.45, 2.75) is 39.5 Å². The number of benzene rings is 1. The minimum absolute atomic E-state index is 0.157. The third-order valence-corrected chi connectivity index (χ3v) is 7.36. The third kappa shape index (κ3) is 4.57. The Kier molecular flexibility index (Phi) is 6.29. The molecule has 2 aromatic rings. The van der Waals surface area contributed by atoms with E-state index in [9.17, 15) is 8.42 Å². The van der Waals surface area contributed by atoms with E-state index < -0.39 is 10.2 Å². The molecular formula is C21H29N3O2S. The number of pyridine rings is 1. The van der Waals surface area contributed by atoms with Crippen LogP contribution in [0, 0.1) is 6.92 Å². The highest BCUT2D eigenvalue weighted by Crippen LogP contribution is 2.30. The molecule has 0 N–H and O–H groups in total. The van der Waals surface area contributed by atoms with Gasteiger partial charge in [-0.2, -0.15) is 17.0 Å². The van der Waals surface area contributed by atoms with Crippen LogP contribution in [0.5, 0.6) is 0 Å². The van der Waals surface area contributed by atoms with E-state index in [-0.39, 0.29) is 5.92 Å². The Hall–Kier alpha value is -1.76. The van der Waals surface area contributed by atoms with Gasteiger partial charge in [-0.1, -0.05) is 44.2 Å². The molecule has 1 aliphatic rings. The lowest BCUT2D eigenvalue weighted by Gasteiger charge is -2.25. The van der Waals surface area contributed by atoms with Gasteiger partial charge in [-0.05, 0) is 43.0 Å². The Balaban J connectivity index is 1.77. The smallest absolute Gasteiger partial charge is 0.258 e. The lowest BCUT2D eigenvalue weighted by molar-refractivity contribution is 0.377. The summed E-state index contributed by atoms with van der Waals surface area (Å²) < 4.78 is 28.7. The van der Waals surface area contributed by atoms with Crippen LogP contribution in [0.25, 0.3) is 0 Å². The average molecular weight is 388 g/mol. The number of hydrogen-bond acceptors (Lipinski definition) is 3. The van der Waals surface area contributed by atoms with Crippen LogP contribution in [0.1, 0.15) is 48.7 Å². The second-order valence-corrected chi connectivity index (χ2v) is 9.07. The molecule has 5 nitrogen and oxygen atoms in total. The molecule has 0 spiro atoms. The largest absolute Gasteiger partial charge is 0.281 e. The van der Waals surface area contributed by atoms with E-state index in [0.717, 1.165) is 24.2 Å². The quantitative estimate of drug-likeness (QED) is 0.732. The zero-order valence-electron chi connectivity index (χ0n) is 16.4. The molecule has 0 unspecified atom stereocenters. The van der Waals surface area contributed by atoms with Crippen LogP contribution >= 0.6 is 0 Å². The van der Waals surface area contributed by atoms with E-state index >= 15 is 0 Å². The predicted molar refractivity (Wildman–Crippen MR) is 109 cm³/mol. The zero-order valence-corrected chi connectivity index (χ0v) is 17.2. The standard InChI is InChI=1S/C21H29N3O2S/c1-4-23(5-2)27(25,26)24-12-11-20(16-24)21-15-19(13-17(3)22-21)14-18-9-7-6-8-10-18/h6-10,13,15,20H,4-5,11-12,14,16H2,1-3H3/t20-/m1/s1. The molecule has 1 atom stereocenters. The van der Waals surface area contributed by atoms with Gasteiger partial charge >= 0.3 is 0 Å². The molecule has 0 radical (unpaired) electrons. The summed E-state index contributed by atoms with van der Waals surface area (Å²) in [6.45, 7) is 7.86. The van der Waals surface area contributed by atoms with Crippen LogP contribution in [0.4, 0.5) is 0 Å². The van der Waals surface area contributed by atoms with Crippen molar-refractivity contribution >= 4 is 10.2 Å². The summed E-state index contributed by atoms with van der Waals surface area (Å²) in [4.78, 5) is 4.72. The van der Waals surface area contributed by atoms with Gasteiger partial charge < -0.3 is 0 Å². The number of rotatable bonds is 7. The molecule has 3 rings (SSSR count). The molecule has 6 heteroatoms. The van der Waals surface area contributed by atoms with Gasteiger partial charge in [-0.15, -0.1) is 0 Å². The normalized spacial score (nSPS) is 18.3. The van der Waals surface area contributed by atoms with Crippen molar-refractivity contribution in [3.8, 4) is 0 Å². The molecule has 1 aliphatic heterocycles. The van der Waals surface area contributed by atoms with Crippen LogP contribution in [0.3, 0.4) is 0 Å². The van der Waals surface area contributed by atoms with Crippen molar-refractivity contribution in [3.63, 3.8) is 0 Å². The molecule has 0 bridgehead atoms. The first-order chi connectivity index (χ1) is 12.9. The second-order valence-electron chi connectivity index (χ2n) is 7.14. The van der Waals surface area contributed by atoms with Crippen LogP contribution in [0.2, 0.25) is 0 Å². The van der Waals surface area contributed by atoms with Gasteiger partial charge in [-0.25, -0.2) is 0 Å². The first-order valence-corrected chi connectivity index (χ1v) is 11.1. The van der Waals surface area contributed by atoms with Crippen LogP contribution in [-0.2, 0) is 16.6 Å². The van der Waals surface area contributed by atoms with Crippen molar-refractivity contribution in [1.82, 2.24) is 13.6 Å². The minimum atomic E-state index is -3.37. The van der Waals surface area contributed by atoms with Crippen molar-refractivity contribution in [1.29, 1.82) is 0 Å². The summed E-state index contributed by atoms with van der Waals surface area (Å²) in [6.07, 6.45) is 1.69. The van der Waals surface area contributed by atoms with E-state index in [1.165, 1.54) is 15.4 Å². The van der Waals surface area contributed by atoms with Crippen molar-refractivity contribution in [3.05, 3.63) is 65.0 Å². The molecule has 1 aromatic carbocycles. The highest BCUT2D eigenvalue weighted by atomic mass is 32.2. The van der Waals surface area contributed by atoms with Crippen molar-refractivity contribution in [2.24, 2.45) is 0 Å². The second kappa shape index (κ2) is 8.50. The minimum Gasteiger partial charge on any atom is -0.258 e. The van der Waals surface area contributed by atoms with Gasteiger partial charge in [0.25, 0.3) is 10.2 Å². The summed E-state index contributed by atoms with van der Waals surface area (Å²) in [6, 6.07) is 14.7. The first kappa shape index (κ1) is 20.0. The Labute approximate surface area is 163 Å². The molecule has 1 fully saturated rings. The van der Waals surface area contributed by atoms with E-state index in [1.54, 1.807) is 4.31 Å². The maximum Gasteiger partial charge on any atom is 0.281 e. The number of hydrogen-bond donors (Lipinski definition) is 0. The molecule has 2 heterocycles. The number of nitrogens with zero attached hydrogens (tertiary/aromatic N) is 3. The third-order valence-electron chi connectivity index (χ3n) is 5.21. The van der Waals surface area contributed by atoms with Crippen molar-refractivity contribution < 1.29 is 8.42 Å². The Morgan fingerprint density at radius 3 is 2.48 bits per heavy atom. The van der Waals surface area contributed by atoms with E-state index in [0.29, 0.717) is 26.2 Å². The molecule has 0 aliphatic carbocycles. The van der Waals surface area contributed by atoms with Crippen LogP contribution in [0.15, 0.2) is 42.5 Å². The van der Waals surface area contributed by atoms with Gasteiger partial charge in [0.15, 0.2) is 0 Å². The van der Waals surface area contributed by atoms with E-state index in [4.69, 9.17) is 4.98 Å². The molecule has 0 saturated carbocycles. The summed E-state index contributed by atoms with van der Waals surface area (Å²) in [7, 11) is -3.37. The summed E-state index contributed by atoms with van der Waals surface area (Å²) in [5, 5.41) is 0. The van der Waals surface area contributed by atoms with Crippen molar-refractivity contribution in [2.75, 3.05) is 26.2 Å². The molecule has 27 heavy (non-hydrogen) atoms. The monoisotopic (exact) mass is 387 g/mol. The zero-order chi connectivity index (χ0) is 19.4. The van der Waals surface area contributed by atoms with Gasteiger partial charge in [0.05, 0.1) is 0 Å². The Morgan fingerprint density at radius 1 is 1.11 bits per heavy atom. The summed E-state index contributed by atoms with van der Waals surface area (Å²) in [5.74, 6) is 0.157. The topological polar surface area (TPSA) is 53.5 Å². The lowest BCUT2D eigenvalue weighted by Crippen LogP contribution is -2.42. The fourth-order valence-corrected chi connectivity index (χ4v) is 5.49. The maximum absolute atomic E-state index is 12.8. The molecule has 0 amide bonds. The highest BCUT2D eigenvalue weighted by molar-refractivity contribution is 7.86. The van der Waals surface area contributed by atoms with Gasteiger partial charge in [0, 0.05) is 43.5 Å². The summed E-state index contributed by atoms with van der Waals surface area (Å²) >= 11 is 0. The highest BCUT2D eigenvalue weighted by Gasteiger charge is 2.35. The lowest BCUT2D eigenvalue weighted by atomic mass is 9.99. The average Bonchev–Trinajstić information content (AvgIpc) is 3.14. The van der Waals surface area contributed by atoms with Gasteiger partial charge in [0.2, 0.25) is 0 Å². The summed E-state index contributed by atoms with van der Waals surface area (Å²) in [5.41, 5.74) is 4.50. The molecule has 1 saturated heterocycles. The fraction of sp³-hybridized carbons (Fsp3) is 0.476. The Morgan fingerprint density at radius 2 is 1.81 bits per heavy atom. The fourth-order valence-electron chi connectivity index (χ4n) is 3.80. The van der Waals surface area contributed by atoms with Crippen LogP contribution < -0.4 is 0 Å². The van der Waals surface area contributed by atoms with Crippen LogP contribution in [-0.4, -0.2) is 48.2 Å². The SMILES string of the molecule is CCN(CC)S(=O)(=O)N1CC[C@@H](c2cc(Cc3ccccc3)cc(C)n2)C1. The molecule has 1 aromatic heterocycles. The molecule has 146 valence electrons. The van der Waals surface area contributed by atoms with Gasteiger partial charge in [-0.3, -0.25) is 4.98 Å². The number of aromatic nitrogens is 1. The number of aryl methyl sites for hydroxylation is 1. The van der Waals surface area contributed by atoms with E-state index in [2.05, 4.69) is 36.4 Å². The first-order valence-electron chi connectivity index (χ1n) is 9.70. The Bertz CT molecular complexity index is 864.